The highest BCUT2D eigenvalue weighted by Crippen LogP contribution is 2.18. The van der Waals surface area contributed by atoms with Crippen LogP contribution in [-0.2, 0) is 4.79 Å². The van der Waals surface area contributed by atoms with Crippen LogP contribution in [0.15, 0.2) is 24.5 Å². The number of piperidine rings is 1. The second-order valence-corrected chi connectivity index (χ2v) is 5.09. The third-order valence-corrected chi connectivity index (χ3v) is 3.56. The topological polar surface area (TPSA) is 54.0 Å². The van der Waals surface area contributed by atoms with Crippen LogP contribution in [0.25, 0.3) is 0 Å². The molecule has 1 amide bonds. The van der Waals surface area contributed by atoms with Crippen LogP contribution >= 0.6 is 0 Å². The number of nitrogens with zero attached hydrogens (tertiary/aromatic N) is 1. The zero-order chi connectivity index (χ0) is 13.0. The molecule has 4 nitrogen and oxygen atoms in total. The van der Waals surface area contributed by atoms with Crippen molar-refractivity contribution >= 4 is 5.91 Å². The van der Waals surface area contributed by atoms with Gasteiger partial charge in [-0.05, 0) is 50.9 Å². The summed E-state index contributed by atoms with van der Waals surface area (Å²) in [4.78, 5) is 16.2. The number of pyridine rings is 1. The molecular weight excluding hydrogens is 226 g/mol. The molecule has 1 aliphatic heterocycles. The van der Waals surface area contributed by atoms with E-state index in [1.54, 1.807) is 12.4 Å². The first-order chi connectivity index (χ1) is 8.66. The van der Waals surface area contributed by atoms with E-state index in [4.69, 9.17) is 0 Å². The van der Waals surface area contributed by atoms with Gasteiger partial charge in [-0.3, -0.25) is 9.78 Å². The Morgan fingerprint density at radius 1 is 1.50 bits per heavy atom. The summed E-state index contributed by atoms with van der Waals surface area (Å²) in [7, 11) is 0. The van der Waals surface area contributed by atoms with E-state index in [1.165, 1.54) is 0 Å². The molecule has 1 aromatic rings. The molecule has 2 unspecified atom stereocenters. The van der Waals surface area contributed by atoms with E-state index in [0.717, 1.165) is 24.9 Å². The van der Waals surface area contributed by atoms with Crippen molar-refractivity contribution in [1.29, 1.82) is 0 Å². The van der Waals surface area contributed by atoms with Gasteiger partial charge < -0.3 is 10.6 Å². The Morgan fingerprint density at radius 2 is 2.22 bits per heavy atom. The summed E-state index contributed by atoms with van der Waals surface area (Å²) in [6.45, 7) is 5.08. The number of hydrogen-bond donors (Lipinski definition) is 2. The van der Waals surface area contributed by atoms with Crippen LogP contribution in [0.2, 0.25) is 0 Å². The van der Waals surface area contributed by atoms with Crippen molar-refractivity contribution < 1.29 is 4.79 Å². The first-order valence-electron chi connectivity index (χ1n) is 6.60. The monoisotopic (exact) mass is 247 g/mol. The Kier molecular flexibility index (Phi) is 4.31. The van der Waals surface area contributed by atoms with Gasteiger partial charge in [-0.25, -0.2) is 0 Å². The van der Waals surface area contributed by atoms with Gasteiger partial charge >= 0.3 is 0 Å². The lowest BCUT2D eigenvalue weighted by Gasteiger charge is -2.28. The minimum absolute atomic E-state index is 0.0469. The molecule has 4 heteroatoms. The van der Waals surface area contributed by atoms with Crippen molar-refractivity contribution in [2.45, 2.75) is 38.8 Å². The van der Waals surface area contributed by atoms with Gasteiger partial charge in [-0.15, -0.1) is 0 Å². The van der Waals surface area contributed by atoms with Gasteiger partial charge in [-0.1, -0.05) is 0 Å². The number of carbonyl (C=O) groups excluding carboxylic acids is 1. The first kappa shape index (κ1) is 13.0. The zero-order valence-electron chi connectivity index (χ0n) is 11.0. The molecule has 1 aliphatic rings. The molecule has 3 atom stereocenters. The molecule has 1 saturated heterocycles. The molecular formula is C14H21N3O. The lowest BCUT2D eigenvalue weighted by Crippen LogP contribution is -2.42. The Balaban J connectivity index is 1.91. The van der Waals surface area contributed by atoms with Gasteiger partial charge in [0, 0.05) is 24.4 Å². The molecule has 0 aromatic carbocycles. The maximum Gasteiger partial charge on any atom is 0.223 e. The number of hydrogen-bond acceptors (Lipinski definition) is 3. The molecule has 98 valence electrons. The van der Waals surface area contributed by atoms with Crippen LogP contribution in [0.5, 0.6) is 0 Å². The fraction of sp³-hybridized carbons (Fsp3) is 0.571. The van der Waals surface area contributed by atoms with Crippen molar-refractivity contribution in [2.75, 3.05) is 6.54 Å². The highest BCUT2D eigenvalue weighted by Gasteiger charge is 2.25. The van der Waals surface area contributed by atoms with E-state index in [2.05, 4.69) is 22.5 Å². The Morgan fingerprint density at radius 3 is 2.89 bits per heavy atom. The van der Waals surface area contributed by atoms with E-state index >= 15 is 0 Å². The van der Waals surface area contributed by atoms with E-state index in [1.807, 2.05) is 19.1 Å². The van der Waals surface area contributed by atoms with Crippen molar-refractivity contribution in [2.24, 2.45) is 5.92 Å². The van der Waals surface area contributed by atoms with Gasteiger partial charge in [0.05, 0.1) is 6.04 Å². The molecule has 2 N–H and O–H groups in total. The molecule has 0 saturated carbocycles. The number of aromatic nitrogens is 1. The third-order valence-electron chi connectivity index (χ3n) is 3.56. The quantitative estimate of drug-likeness (QED) is 0.854. The Hall–Kier alpha value is -1.42. The largest absolute Gasteiger partial charge is 0.349 e. The van der Waals surface area contributed by atoms with Gasteiger partial charge in [0.15, 0.2) is 0 Å². The summed E-state index contributed by atoms with van der Waals surface area (Å²) >= 11 is 0. The van der Waals surface area contributed by atoms with Crippen LogP contribution in [-0.4, -0.2) is 23.5 Å². The van der Waals surface area contributed by atoms with Gasteiger partial charge in [0.25, 0.3) is 0 Å². The van der Waals surface area contributed by atoms with Crippen molar-refractivity contribution in [3.63, 3.8) is 0 Å². The van der Waals surface area contributed by atoms with Crippen LogP contribution in [0.3, 0.4) is 0 Å². The maximum absolute atomic E-state index is 12.2. The molecule has 2 rings (SSSR count). The predicted molar refractivity (Wildman–Crippen MR) is 71.0 cm³/mol. The molecule has 2 heterocycles. The number of nitrogens with one attached hydrogen (secondary N) is 2. The maximum atomic E-state index is 12.2. The highest BCUT2D eigenvalue weighted by atomic mass is 16.1. The summed E-state index contributed by atoms with van der Waals surface area (Å²) < 4.78 is 0. The summed E-state index contributed by atoms with van der Waals surface area (Å²) in [5.74, 6) is 0.318. The van der Waals surface area contributed by atoms with E-state index in [0.29, 0.717) is 6.04 Å². The van der Waals surface area contributed by atoms with Crippen LogP contribution in [0, 0.1) is 5.92 Å². The molecule has 18 heavy (non-hydrogen) atoms. The van der Waals surface area contributed by atoms with Crippen molar-refractivity contribution in [3.8, 4) is 0 Å². The number of amides is 1. The summed E-state index contributed by atoms with van der Waals surface area (Å²) in [6, 6.07) is 4.36. The van der Waals surface area contributed by atoms with Crippen LogP contribution in [0.4, 0.5) is 0 Å². The second kappa shape index (κ2) is 5.96. The minimum atomic E-state index is 0.0469. The fourth-order valence-electron chi connectivity index (χ4n) is 2.44. The molecule has 0 aliphatic carbocycles. The zero-order valence-corrected chi connectivity index (χ0v) is 11.0. The summed E-state index contributed by atoms with van der Waals surface area (Å²) in [6.07, 6.45) is 5.36. The Labute approximate surface area is 108 Å². The smallest absolute Gasteiger partial charge is 0.223 e. The average Bonchev–Trinajstić information content (AvgIpc) is 2.39. The standard InChI is InChI=1S/C14H21N3O/c1-10-9-13(5-8-16-10)14(18)17-11(2)12-3-6-15-7-4-12/h3-4,6-7,10-11,13,16H,5,8-9H2,1-2H3,(H,17,18)/t10?,11-,13?/m1/s1. The highest BCUT2D eigenvalue weighted by molar-refractivity contribution is 5.79. The second-order valence-electron chi connectivity index (χ2n) is 5.09. The normalized spacial score (nSPS) is 25.4. The van der Waals surface area contributed by atoms with E-state index in [-0.39, 0.29) is 17.9 Å². The average molecular weight is 247 g/mol. The van der Waals surface area contributed by atoms with E-state index < -0.39 is 0 Å². The molecule has 0 radical (unpaired) electrons. The van der Waals surface area contributed by atoms with Crippen LogP contribution in [0.1, 0.15) is 38.3 Å². The number of rotatable bonds is 3. The first-order valence-corrected chi connectivity index (χ1v) is 6.60. The van der Waals surface area contributed by atoms with Gasteiger partial charge in [0.2, 0.25) is 5.91 Å². The lowest BCUT2D eigenvalue weighted by molar-refractivity contribution is -0.126. The summed E-state index contributed by atoms with van der Waals surface area (Å²) in [5.41, 5.74) is 1.10. The predicted octanol–water partition coefficient (Wildman–Crippen LogP) is 1.65. The molecule has 1 fully saturated rings. The number of carbonyl (C=O) groups is 1. The van der Waals surface area contributed by atoms with Gasteiger partial charge in [0.1, 0.15) is 0 Å². The van der Waals surface area contributed by atoms with Crippen LogP contribution < -0.4 is 10.6 Å². The lowest BCUT2D eigenvalue weighted by atomic mass is 9.92. The van der Waals surface area contributed by atoms with Crippen molar-refractivity contribution in [1.82, 2.24) is 15.6 Å². The Bertz CT molecular complexity index is 393. The van der Waals surface area contributed by atoms with E-state index in [9.17, 15) is 4.79 Å². The molecule has 1 aromatic heterocycles. The molecule has 0 bridgehead atoms. The minimum Gasteiger partial charge on any atom is -0.349 e. The SMILES string of the molecule is CC1CC(C(=O)N[C@H](C)c2ccncc2)CCN1. The van der Waals surface area contributed by atoms with Crippen molar-refractivity contribution in [3.05, 3.63) is 30.1 Å². The summed E-state index contributed by atoms with van der Waals surface area (Å²) in [5, 5.41) is 6.46. The third kappa shape index (κ3) is 3.29. The van der Waals surface area contributed by atoms with Gasteiger partial charge in [-0.2, -0.15) is 0 Å². The fourth-order valence-corrected chi connectivity index (χ4v) is 2.44. The molecule has 0 spiro atoms.